The van der Waals surface area contributed by atoms with Crippen LogP contribution in [0, 0.1) is 0 Å². The highest BCUT2D eigenvalue weighted by molar-refractivity contribution is 9.08. The lowest BCUT2D eigenvalue weighted by molar-refractivity contribution is 0.801. The molecule has 0 bridgehead atoms. The monoisotopic (exact) mass is 305 g/mol. The molecule has 0 radical (unpaired) electrons. The quantitative estimate of drug-likeness (QED) is 0.795. The maximum absolute atomic E-state index is 6.05. The molecule has 78 valence electrons. The van der Waals surface area contributed by atoms with Crippen molar-refractivity contribution in [2.24, 2.45) is 0 Å². The van der Waals surface area contributed by atoms with Crippen LogP contribution >= 0.6 is 39.1 Å². The number of rotatable bonds is 2. The van der Waals surface area contributed by atoms with Crippen molar-refractivity contribution in [3.05, 3.63) is 40.1 Å². The van der Waals surface area contributed by atoms with Crippen LogP contribution < -0.4 is 0 Å². The Kier molecular flexibility index (Phi) is 3.29. The van der Waals surface area contributed by atoms with E-state index in [0.717, 1.165) is 11.4 Å². The predicted molar refractivity (Wildman–Crippen MR) is 64.0 cm³/mol. The first kappa shape index (κ1) is 10.9. The highest BCUT2D eigenvalue weighted by Gasteiger charge is 2.08. The minimum atomic E-state index is 0.477. The molecule has 1 aromatic carbocycles. The summed E-state index contributed by atoms with van der Waals surface area (Å²) in [4.78, 5) is 0. The Balaban J connectivity index is 2.49. The maximum Gasteiger partial charge on any atom is 0.0937 e. The molecule has 0 N–H and O–H groups in total. The van der Waals surface area contributed by atoms with E-state index in [4.69, 9.17) is 23.2 Å². The zero-order valence-corrected chi connectivity index (χ0v) is 10.6. The fraction of sp³-hybridized carbons (Fsp3) is 0.111. The summed E-state index contributed by atoms with van der Waals surface area (Å²) in [5.41, 5.74) is 1.56. The van der Waals surface area contributed by atoms with E-state index < -0.39 is 0 Å². The second-order valence-corrected chi connectivity index (χ2v) is 4.21. The van der Waals surface area contributed by atoms with Crippen molar-refractivity contribution in [1.29, 1.82) is 0 Å². The second-order valence-electron chi connectivity index (χ2n) is 2.86. The van der Waals surface area contributed by atoms with Crippen molar-refractivity contribution >= 4 is 39.1 Å². The van der Waals surface area contributed by atoms with Crippen molar-refractivity contribution in [3.63, 3.8) is 0 Å². The number of hydrogen-bond donors (Lipinski definition) is 0. The highest BCUT2D eigenvalue weighted by atomic mass is 79.9. The fourth-order valence-electron chi connectivity index (χ4n) is 1.15. The van der Waals surface area contributed by atoms with Gasteiger partial charge in [0.05, 0.1) is 27.6 Å². The van der Waals surface area contributed by atoms with Gasteiger partial charge >= 0.3 is 0 Å². The molecule has 6 heteroatoms. The third kappa shape index (κ3) is 2.17. The number of benzene rings is 1. The molecular weight excluding hydrogens is 301 g/mol. The van der Waals surface area contributed by atoms with E-state index in [9.17, 15) is 0 Å². The average molecular weight is 307 g/mol. The Morgan fingerprint density at radius 1 is 1.33 bits per heavy atom. The molecule has 0 amide bonds. The van der Waals surface area contributed by atoms with Crippen LogP contribution in [0.1, 0.15) is 5.69 Å². The Morgan fingerprint density at radius 3 is 2.80 bits per heavy atom. The maximum atomic E-state index is 6.05. The van der Waals surface area contributed by atoms with Crippen LogP contribution in [-0.4, -0.2) is 15.0 Å². The first-order chi connectivity index (χ1) is 7.22. The Morgan fingerprint density at radius 2 is 2.13 bits per heavy atom. The van der Waals surface area contributed by atoms with Crippen molar-refractivity contribution < 1.29 is 0 Å². The molecule has 0 fully saturated rings. The minimum absolute atomic E-state index is 0.477. The lowest BCUT2D eigenvalue weighted by Gasteiger charge is -2.03. The number of aromatic nitrogens is 3. The molecule has 3 nitrogen and oxygen atoms in total. The molecule has 0 saturated carbocycles. The molecule has 1 heterocycles. The molecule has 0 aliphatic heterocycles. The predicted octanol–water partition coefficient (Wildman–Crippen LogP) is 3.47. The molecule has 0 atom stereocenters. The standard InChI is InChI=1S/C9H6BrCl2N3/c10-4-6-5-15(14-13-6)8-3-1-2-7(11)9(8)12/h1-3,5H,4H2. The van der Waals surface area contributed by atoms with Crippen LogP contribution in [-0.2, 0) is 5.33 Å². The largest absolute Gasteiger partial charge is 0.219 e. The van der Waals surface area contributed by atoms with Gasteiger partial charge in [0.2, 0.25) is 0 Å². The number of halogens is 3. The molecule has 0 aliphatic rings. The lowest BCUT2D eigenvalue weighted by atomic mass is 10.3. The second kappa shape index (κ2) is 4.51. The van der Waals surface area contributed by atoms with E-state index >= 15 is 0 Å². The third-order valence-corrected chi connectivity index (χ3v) is 3.24. The van der Waals surface area contributed by atoms with Crippen LogP contribution in [0.2, 0.25) is 10.0 Å². The van der Waals surface area contributed by atoms with Gasteiger partial charge in [-0.05, 0) is 12.1 Å². The van der Waals surface area contributed by atoms with Gasteiger partial charge in [-0.25, -0.2) is 4.68 Å². The number of alkyl halides is 1. The van der Waals surface area contributed by atoms with Gasteiger partial charge in [-0.15, -0.1) is 5.10 Å². The van der Waals surface area contributed by atoms with Crippen molar-refractivity contribution in [1.82, 2.24) is 15.0 Å². The van der Waals surface area contributed by atoms with E-state index in [2.05, 4.69) is 26.2 Å². The summed E-state index contributed by atoms with van der Waals surface area (Å²) in [6.45, 7) is 0. The summed E-state index contributed by atoms with van der Waals surface area (Å²) in [6, 6.07) is 5.38. The van der Waals surface area contributed by atoms with E-state index in [0.29, 0.717) is 15.4 Å². The first-order valence-corrected chi connectivity index (χ1v) is 6.01. The first-order valence-electron chi connectivity index (χ1n) is 4.14. The van der Waals surface area contributed by atoms with E-state index in [1.54, 1.807) is 16.9 Å². The van der Waals surface area contributed by atoms with Gasteiger partial charge in [-0.1, -0.05) is 50.4 Å². The zero-order chi connectivity index (χ0) is 10.8. The van der Waals surface area contributed by atoms with E-state index in [1.807, 2.05) is 12.1 Å². The van der Waals surface area contributed by atoms with Crippen LogP contribution in [0.3, 0.4) is 0 Å². The summed E-state index contributed by atoms with van der Waals surface area (Å²) in [6.07, 6.45) is 1.80. The summed E-state index contributed by atoms with van der Waals surface area (Å²) >= 11 is 15.3. The van der Waals surface area contributed by atoms with Gasteiger partial charge in [0.25, 0.3) is 0 Å². The van der Waals surface area contributed by atoms with Crippen molar-refractivity contribution in [2.45, 2.75) is 5.33 Å². The third-order valence-electron chi connectivity index (χ3n) is 1.86. The smallest absolute Gasteiger partial charge is 0.0937 e. The SMILES string of the molecule is Clc1cccc(-n2cc(CBr)nn2)c1Cl. The van der Waals surface area contributed by atoms with Crippen LogP contribution in [0.4, 0.5) is 0 Å². The van der Waals surface area contributed by atoms with Crippen molar-refractivity contribution in [2.75, 3.05) is 0 Å². The van der Waals surface area contributed by atoms with Gasteiger partial charge in [-0.3, -0.25) is 0 Å². The summed E-state index contributed by atoms with van der Waals surface area (Å²) < 4.78 is 1.60. The van der Waals surface area contributed by atoms with Gasteiger partial charge in [-0.2, -0.15) is 0 Å². The van der Waals surface area contributed by atoms with Gasteiger partial charge < -0.3 is 0 Å². The fourth-order valence-corrected chi connectivity index (χ4v) is 1.79. The highest BCUT2D eigenvalue weighted by Crippen LogP contribution is 2.27. The van der Waals surface area contributed by atoms with E-state index in [1.165, 1.54) is 0 Å². The minimum Gasteiger partial charge on any atom is -0.219 e. The molecule has 2 aromatic rings. The summed E-state index contributed by atoms with van der Waals surface area (Å²) in [7, 11) is 0. The summed E-state index contributed by atoms with van der Waals surface area (Å²) in [5.74, 6) is 0. The Labute approximate surface area is 105 Å². The molecule has 0 unspecified atom stereocenters. The van der Waals surface area contributed by atoms with Gasteiger partial charge in [0.1, 0.15) is 0 Å². The Hall–Kier alpha value is -0.580. The van der Waals surface area contributed by atoms with Crippen molar-refractivity contribution in [3.8, 4) is 5.69 Å². The zero-order valence-electron chi connectivity index (χ0n) is 7.49. The molecule has 1 aromatic heterocycles. The molecule has 15 heavy (non-hydrogen) atoms. The molecule has 0 spiro atoms. The van der Waals surface area contributed by atoms with Crippen LogP contribution in [0.25, 0.3) is 5.69 Å². The Bertz CT molecular complexity index is 484. The van der Waals surface area contributed by atoms with Crippen LogP contribution in [0.5, 0.6) is 0 Å². The van der Waals surface area contributed by atoms with Gasteiger partial charge in [0.15, 0.2) is 0 Å². The normalized spacial score (nSPS) is 10.6. The van der Waals surface area contributed by atoms with Gasteiger partial charge in [0, 0.05) is 5.33 Å². The van der Waals surface area contributed by atoms with Crippen LogP contribution in [0.15, 0.2) is 24.4 Å². The number of hydrogen-bond acceptors (Lipinski definition) is 2. The molecule has 0 saturated heterocycles. The van der Waals surface area contributed by atoms with E-state index in [-0.39, 0.29) is 0 Å². The summed E-state index contributed by atoms with van der Waals surface area (Å²) in [5, 5.41) is 9.54. The topological polar surface area (TPSA) is 30.7 Å². The molecule has 2 rings (SSSR count). The average Bonchev–Trinajstić information content (AvgIpc) is 2.70. The molecular formula is C9H6BrCl2N3. The number of nitrogens with zero attached hydrogens (tertiary/aromatic N) is 3. The lowest BCUT2D eigenvalue weighted by Crippen LogP contribution is -1.95. The molecule has 0 aliphatic carbocycles.